The molecule has 1 aliphatic rings. The van der Waals surface area contributed by atoms with Crippen molar-refractivity contribution in [1.29, 1.82) is 0 Å². The predicted molar refractivity (Wildman–Crippen MR) is 208 cm³/mol. The second-order valence-corrected chi connectivity index (χ2v) is 14.4. The second kappa shape index (κ2) is 10.1. The lowest BCUT2D eigenvalue weighted by Gasteiger charge is -2.21. The van der Waals surface area contributed by atoms with Gasteiger partial charge in [-0.05, 0) is 120 Å². The van der Waals surface area contributed by atoms with Crippen molar-refractivity contribution in [3.63, 3.8) is 0 Å². The van der Waals surface area contributed by atoms with Gasteiger partial charge in [-0.1, -0.05) is 98.3 Å². The maximum absolute atomic E-state index is 2.46. The van der Waals surface area contributed by atoms with Gasteiger partial charge < -0.3 is 9.13 Å². The van der Waals surface area contributed by atoms with Crippen LogP contribution < -0.4 is 0 Å². The smallest absolute Gasteiger partial charge is 0.0570 e. The predicted octanol–water partition coefficient (Wildman–Crippen LogP) is 12.5. The molecular formula is C47H36N2. The summed E-state index contributed by atoms with van der Waals surface area (Å²) < 4.78 is 4.88. The lowest BCUT2D eigenvalue weighted by molar-refractivity contribution is 0.661. The zero-order chi connectivity index (χ0) is 33.0. The van der Waals surface area contributed by atoms with Gasteiger partial charge in [0.1, 0.15) is 0 Å². The summed E-state index contributed by atoms with van der Waals surface area (Å²) in [5, 5.41) is 5.16. The van der Waals surface area contributed by atoms with Gasteiger partial charge in [-0.3, -0.25) is 0 Å². The maximum atomic E-state index is 2.46. The molecule has 9 aromatic rings. The molecule has 0 unspecified atom stereocenters. The average Bonchev–Trinajstić information content (AvgIpc) is 3.71. The monoisotopic (exact) mass is 628 g/mol. The van der Waals surface area contributed by atoms with Crippen molar-refractivity contribution in [2.75, 3.05) is 0 Å². The number of hydrogen-bond acceptors (Lipinski definition) is 0. The lowest BCUT2D eigenvalue weighted by Crippen LogP contribution is -2.14. The van der Waals surface area contributed by atoms with Crippen LogP contribution in [0, 0.1) is 13.8 Å². The van der Waals surface area contributed by atoms with E-state index in [9.17, 15) is 0 Å². The molecule has 0 saturated heterocycles. The zero-order valence-corrected chi connectivity index (χ0v) is 28.3. The normalized spacial score (nSPS) is 13.5. The van der Waals surface area contributed by atoms with Crippen LogP contribution in [0.15, 0.2) is 146 Å². The SMILES string of the molecule is Cc1cc(C)c2c(c1)c1cc(-c3ccc4c(c3)c3cc5c(cc3n4-c3ccccc3)C(C)(C)c3ccccc3-5)ccc1n2-c1ccccc1. The highest BCUT2D eigenvalue weighted by atomic mass is 15.0. The quantitative estimate of drug-likeness (QED) is 0.184. The Morgan fingerprint density at radius 2 is 1.00 bits per heavy atom. The molecule has 2 aromatic heterocycles. The molecule has 10 rings (SSSR count). The zero-order valence-electron chi connectivity index (χ0n) is 28.3. The molecule has 234 valence electrons. The van der Waals surface area contributed by atoms with Crippen molar-refractivity contribution >= 4 is 43.6 Å². The van der Waals surface area contributed by atoms with E-state index in [2.05, 4.69) is 182 Å². The van der Waals surface area contributed by atoms with Gasteiger partial charge in [-0.2, -0.15) is 0 Å². The molecule has 1 aliphatic carbocycles. The Hall–Kier alpha value is -5.86. The summed E-state index contributed by atoms with van der Waals surface area (Å²) in [5.41, 5.74) is 17.9. The van der Waals surface area contributed by atoms with Crippen LogP contribution in [0.4, 0.5) is 0 Å². The summed E-state index contributed by atoms with van der Waals surface area (Å²) in [5.74, 6) is 0. The van der Waals surface area contributed by atoms with Gasteiger partial charge in [0.05, 0.1) is 22.1 Å². The van der Waals surface area contributed by atoms with Gasteiger partial charge in [0.25, 0.3) is 0 Å². The molecule has 2 heterocycles. The van der Waals surface area contributed by atoms with Crippen LogP contribution in [0.25, 0.3) is 77.2 Å². The summed E-state index contributed by atoms with van der Waals surface area (Å²) in [4.78, 5) is 0. The van der Waals surface area contributed by atoms with Crippen molar-refractivity contribution < 1.29 is 0 Å². The average molecular weight is 629 g/mol. The Kier molecular flexibility index (Phi) is 5.79. The van der Waals surface area contributed by atoms with Crippen LogP contribution in [-0.2, 0) is 5.41 Å². The largest absolute Gasteiger partial charge is 0.309 e. The van der Waals surface area contributed by atoms with E-state index in [1.165, 1.54) is 99.5 Å². The third-order valence-corrected chi connectivity index (χ3v) is 11.0. The summed E-state index contributed by atoms with van der Waals surface area (Å²) in [7, 11) is 0. The Balaban J connectivity index is 1.24. The molecule has 0 spiro atoms. The minimum Gasteiger partial charge on any atom is -0.309 e. The number of aromatic nitrogens is 2. The molecule has 0 aliphatic heterocycles. The summed E-state index contributed by atoms with van der Waals surface area (Å²) in [6.45, 7) is 9.17. The van der Waals surface area contributed by atoms with Gasteiger partial charge in [0, 0.05) is 38.3 Å². The van der Waals surface area contributed by atoms with Crippen molar-refractivity contribution in [2.24, 2.45) is 0 Å². The van der Waals surface area contributed by atoms with Crippen LogP contribution in [-0.4, -0.2) is 9.13 Å². The van der Waals surface area contributed by atoms with Crippen LogP contribution >= 0.6 is 0 Å². The molecule has 0 bridgehead atoms. The fourth-order valence-corrected chi connectivity index (χ4v) is 8.80. The summed E-state index contributed by atoms with van der Waals surface area (Å²) >= 11 is 0. The third kappa shape index (κ3) is 3.95. The standard InChI is InChI=1S/C47H36N2/c1-29-23-30(2)46-40(24-29)38-26-32(20-22-44(38)49(46)34-15-9-6-10-16-34)31-19-21-43-37(25-31)39-27-36-35-17-11-12-18-41(35)47(3,4)42(36)28-45(39)48(43)33-13-7-5-8-14-33/h5-28H,1-4H3. The van der Waals surface area contributed by atoms with Gasteiger partial charge >= 0.3 is 0 Å². The van der Waals surface area contributed by atoms with E-state index in [0.717, 1.165) is 0 Å². The van der Waals surface area contributed by atoms with E-state index in [-0.39, 0.29) is 5.41 Å². The first kappa shape index (κ1) is 28.2. The fraction of sp³-hybridized carbons (Fsp3) is 0.106. The van der Waals surface area contributed by atoms with Crippen molar-refractivity contribution in [3.8, 4) is 33.6 Å². The minimum absolute atomic E-state index is 0.0612. The van der Waals surface area contributed by atoms with Crippen LogP contribution in [0.1, 0.15) is 36.1 Å². The van der Waals surface area contributed by atoms with Crippen molar-refractivity contribution in [2.45, 2.75) is 33.1 Å². The molecule has 0 saturated carbocycles. The van der Waals surface area contributed by atoms with Gasteiger partial charge in [-0.25, -0.2) is 0 Å². The van der Waals surface area contributed by atoms with E-state index in [4.69, 9.17) is 0 Å². The molecule has 0 atom stereocenters. The molecule has 7 aromatic carbocycles. The molecule has 0 amide bonds. The topological polar surface area (TPSA) is 9.86 Å². The van der Waals surface area contributed by atoms with Crippen LogP contribution in [0.3, 0.4) is 0 Å². The highest BCUT2D eigenvalue weighted by Crippen LogP contribution is 2.51. The number of rotatable bonds is 3. The van der Waals surface area contributed by atoms with Crippen molar-refractivity contribution in [3.05, 3.63) is 168 Å². The van der Waals surface area contributed by atoms with Gasteiger partial charge in [0.2, 0.25) is 0 Å². The van der Waals surface area contributed by atoms with Crippen LogP contribution in [0.2, 0.25) is 0 Å². The van der Waals surface area contributed by atoms with E-state index in [1.54, 1.807) is 0 Å². The Labute approximate surface area is 286 Å². The highest BCUT2D eigenvalue weighted by Gasteiger charge is 2.36. The number of para-hydroxylation sites is 2. The minimum atomic E-state index is -0.0612. The van der Waals surface area contributed by atoms with Gasteiger partial charge in [-0.15, -0.1) is 0 Å². The number of nitrogens with zero attached hydrogens (tertiary/aromatic N) is 2. The number of fused-ring (bicyclic) bond motifs is 9. The highest BCUT2D eigenvalue weighted by molar-refractivity contribution is 6.14. The molecule has 2 heteroatoms. The molecule has 0 radical (unpaired) electrons. The van der Waals surface area contributed by atoms with E-state index in [0.29, 0.717) is 0 Å². The van der Waals surface area contributed by atoms with E-state index in [1.807, 2.05) is 0 Å². The summed E-state index contributed by atoms with van der Waals surface area (Å²) in [6.07, 6.45) is 0. The van der Waals surface area contributed by atoms with Gasteiger partial charge in [0.15, 0.2) is 0 Å². The number of benzene rings is 7. The molecule has 0 N–H and O–H groups in total. The molecular weight excluding hydrogens is 593 g/mol. The first-order valence-electron chi connectivity index (χ1n) is 17.3. The Bertz CT molecular complexity index is 2790. The molecule has 0 fully saturated rings. The Morgan fingerprint density at radius 1 is 0.429 bits per heavy atom. The van der Waals surface area contributed by atoms with Crippen molar-refractivity contribution in [1.82, 2.24) is 9.13 Å². The fourth-order valence-electron chi connectivity index (χ4n) is 8.80. The Morgan fingerprint density at radius 3 is 1.69 bits per heavy atom. The number of aryl methyl sites for hydroxylation is 2. The third-order valence-electron chi connectivity index (χ3n) is 11.0. The summed E-state index contributed by atoms with van der Waals surface area (Å²) in [6, 6.07) is 54.2. The maximum Gasteiger partial charge on any atom is 0.0570 e. The molecule has 49 heavy (non-hydrogen) atoms. The first-order chi connectivity index (χ1) is 23.9. The van der Waals surface area contributed by atoms with Crippen LogP contribution in [0.5, 0.6) is 0 Å². The molecule has 2 nitrogen and oxygen atoms in total. The second-order valence-electron chi connectivity index (χ2n) is 14.4. The van der Waals surface area contributed by atoms with E-state index >= 15 is 0 Å². The van der Waals surface area contributed by atoms with E-state index < -0.39 is 0 Å². The lowest BCUT2D eigenvalue weighted by atomic mass is 9.82. The first-order valence-corrected chi connectivity index (χ1v) is 17.3. The number of hydrogen-bond donors (Lipinski definition) is 0.